The van der Waals surface area contributed by atoms with Crippen LogP contribution in [0, 0.1) is 0 Å². The number of methoxy groups -OCH3 is 1. The summed E-state index contributed by atoms with van der Waals surface area (Å²) in [5, 5.41) is 6.03. The van der Waals surface area contributed by atoms with E-state index in [4.69, 9.17) is 14.2 Å². The van der Waals surface area contributed by atoms with Crippen molar-refractivity contribution >= 4 is 35.6 Å². The minimum absolute atomic E-state index is 0.0262. The lowest BCUT2D eigenvalue weighted by Gasteiger charge is -2.36. The van der Waals surface area contributed by atoms with Crippen LogP contribution in [0.5, 0.6) is 5.75 Å². The van der Waals surface area contributed by atoms with E-state index in [1.54, 1.807) is 24.0 Å². The molecule has 2 N–H and O–H groups in total. The van der Waals surface area contributed by atoms with Gasteiger partial charge >= 0.3 is 18.0 Å². The predicted octanol–water partition coefficient (Wildman–Crippen LogP) is 9.04. The fourth-order valence-electron chi connectivity index (χ4n) is 7.78. The third kappa shape index (κ3) is 13.6. The van der Waals surface area contributed by atoms with Crippen LogP contribution in [0.15, 0.2) is 114 Å². The first-order valence-corrected chi connectivity index (χ1v) is 22.5. The number of ketones is 1. The Morgan fingerprint density at radius 3 is 2.15 bits per heavy atom. The van der Waals surface area contributed by atoms with E-state index >= 15 is 0 Å². The van der Waals surface area contributed by atoms with Crippen molar-refractivity contribution in [2.45, 2.75) is 97.8 Å². The Morgan fingerprint density at radius 2 is 1.49 bits per heavy atom. The van der Waals surface area contributed by atoms with E-state index in [0.29, 0.717) is 29.8 Å². The normalized spacial score (nSPS) is 14.0. The minimum atomic E-state index is -1.09. The summed E-state index contributed by atoms with van der Waals surface area (Å²) in [7, 11) is 1.23. The molecular weight excluding hydrogens is 825 g/mol. The molecule has 0 spiro atoms. The number of unbranched alkanes of at least 4 members (excludes halogenated alkanes) is 4. The van der Waals surface area contributed by atoms with E-state index in [0.717, 1.165) is 48.8 Å². The maximum atomic E-state index is 14.5. The molecule has 0 aromatic heterocycles. The Balaban J connectivity index is 1.43. The van der Waals surface area contributed by atoms with Gasteiger partial charge in [-0.25, -0.2) is 14.4 Å². The van der Waals surface area contributed by atoms with Crippen LogP contribution in [-0.2, 0) is 35.3 Å². The molecule has 1 aliphatic heterocycles. The fraction of sp³-hybridized carbons (Fsp3) is 0.385. The van der Waals surface area contributed by atoms with E-state index in [2.05, 4.69) is 17.6 Å². The lowest BCUT2D eigenvalue weighted by atomic mass is 9.93. The van der Waals surface area contributed by atoms with E-state index in [-0.39, 0.29) is 61.1 Å². The molecule has 4 aromatic rings. The third-order valence-corrected chi connectivity index (χ3v) is 11.4. The number of ether oxygens (including phenoxy) is 3. The van der Waals surface area contributed by atoms with Crippen molar-refractivity contribution in [3.63, 3.8) is 0 Å². The summed E-state index contributed by atoms with van der Waals surface area (Å²) >= 11 is 0. The Kier molecular flexibility index (Phi) is 18.9. The monoisotopic (exact) mass is 886 g/mol. The number of benzene rings is 4. The number of carbonyl (C=O) groups excluding carboxylic acids is 6. The van der Waals surface area contributed by atoms with Crippen molar-refractivity contribution in [2.24, 2.45) is 0 Å². The van der Waals surface area contributed by atoms with Crippen molar-refractivity contribution in [3.8, 4) is 16.9 Å². The van der Waals surface area contributed by atoms with Crippen LogP contribution in [0.4, 0.5) is 4.79 Å². The molecule has 2 unspecified atom stereocenters. The summed E-state index contributed by atoms with van der Waals surface area (Å²) in [5.74, 6) is -2.11. The highest BCUT2D eigenvalue weighted by atomic mass is 16.6. The summed E-state index contributed by atoms with van der Waals surface area (Å²) in [4.78, 5) is 84.5. The standard InChI is InChI=1S/C52H62N4O9/c1-6-8-10-17-31-56(49(50(60)53-30-9-7-2)42-28-29-44(43(33-42)37(4)57)64-35-46(59)63-5)45(58)23-18-32-55-36(3)47(51(61)65-34-38-19-13-11-14-20-38)48(54-52(55)62)41-26-24-40(25-27-41)39-21-15-12-16-22-39/h11-16,19-22,24-29,33,48-49H,6-10,17-18,23,30-32,34-35H2,1-5H3,(H,53,60)(H,54,62). The van der Waals surface area contributed by atoms with E-state index in [9.17, 15) is 28.8 Å². The maximum absolute atomic E-state index is 14.5. The van der Waals surface area contributed by atoms with Gasteiger partial charge in [0.05, 0.1) is 24.3 Å². The lowest BCUT2D eigenvalue weighted by Crippen LogP contribution is -2.48. The van der Waals surface area contributed by atoms with Crippen molar-refractivity contribution in [1.82, 2.24) is 20.4 Å². The SMILES string of the molecule is CCCCCCN(C(=O)CCCN1C(=O)NC(c2ccc(-c3ccccc3)cc2)C(C(=O)OCc2ccccc2)=C1C)C(C(=O)NCCCC)c1ccc(OCC(=O)OC)c(C(C)=O)c1. The number of allylic oxidation sites excluding steroid dienone is 1. The molecule has 13 nitrogen and oxygen atoms in total. The highest BCUT2D eigenvalue weighted by Gasteiger charge is 2.37. The van der Waals surface area contributed by atoms with Crippen LogP contribution in [0.25, 0.3) is 11.1 Å². The molecule has 13 heteroatoms. The number of amides is 4. The summed E-state index contributed by atoms with van der Waals surface area (Å²) in [5.41, 5.74) is 4.79. The largest absolute Gasteiger partial charge is 0.481 e. The van der Waals surface area contributed by atoms with Gasteiger partial charge in [0.2, 0.25) is 11.8 Å². The Labute approximate surface area is 382 Å². The van der Waals surface area contributed by atoms with Gasteiger partial charge in [0.1, 0.15) is 18.4 Å². The summed E-state index contributed by atoms with van der Waals surface area (Å²) in [6, 6.07) is 29.3. The van der Waals surface area contributed by atoms with Crippen molar-refractivity contribution in [1.29, 1.82) is 0 Å². The molecule has 2 atom stereocenters. The molecule has 4 aromatic carbocycles. The smallest absolute Gasteiger partial charge is 0.343 e. The van der Waals surface area contributed by atoms with Gasteiger partial charge in [0.15, 0.2) is 12.4 Å². The van der Waals surface area contributed by atoms with Crippen molar-refractivity contribution in [3.05, 3.63) is 137 Å². The van der Waals surface area contributed by atoms with Gasteiger partial charge in [-0.05, 0) is 73.1 Å². The van der Waals surface area contributed by atoms with Gasteiger partial charge in [0.25, 0.3) is 0 Å². The third-order valence-electron chi connectivity index (χ3n) is 11.4. The number of Topliss-reactive ketones (excluding diaryl/α,β-unsaturated/α-hetero) is 1. The molecule has 65 heavy (non-hydrogen) atoms. The zero-order valence-corrected chi connectivity index (χ0v) is 38.2. The van der Waals surface area contributed by atoms with Gasteiger partial charge in [0, 0.05) is 31.8 Å². The molecule has 344 valence electrons. The molecule has 0 bridgehead atoms. The van der Waals surface area contributed by atoms with Gasteiger partial charge in [-0.15, -0.1) is 0 Å². The quantitative estimate of drug-likeness (QED) is 0.0398. The highest BCUT2D eigenvalue weighted by molar-refractivity contribution is 5.98. The molecule has 0 aliphatic carbocycles. The Morgan fingerprint density at radius 1 is 0.815 bits per heavy atom. The number of urea groups is 1. The van der Waals surface area contributed by atoms with Crippen LogP contribution < -0.4 is 15.4 Å². The van der Waals surface area contributed by atoms with Crippen LogP contribution in [0.3, 0.4) is 0 Å². The molecule has 0 saturated heterocycles. The van der Waals surface area contributed by atoms with Crippen LogP contribution in [0.2, 0.25) is 0 Å². The molecular formula is C52H62N4O9. The first kappa shape index (κ1) is 49.3. The molecule has 0 saturated carbocycles. The average molecular weight is 887 g/mol. The molecule has 0 radical (unpaired) electrons. The highest BCUT2D eigenvalue weighted by Crippen LogP contribution is 2.34. The van der Waals surface area contributed by atoms with E-state index in [1.165, 1.54) is 25.0 Å². The van der Waals surface area contributed by atoms with Gasteiger partial charge in [-0.2, -0.15) is 0 Å². The van der Waals surface area contributed by atoms with Crippen LogP contribution >= 0.6 is 0 Å². The van der Waals surface area contributed by atoms with Crippen molar-refractivity contribution < 1.29 is 43.0 Å². The van der Waals surface area contributed by atoms with Crippen molar-refractivity contribution in [2.75, 3.05) is 33.4 Å². The molecule has 1 heterocycles. The van der Waals surface area contributed by atoms with Gasteiger partial charge in [-0.1, -0.05) is 131 Å². The second-order valence-electron chi connectivity index (χ2n) is 16.1. The topological polar surface area (TPSA) is 161 Å². The molecule has 1 aliphatic rings. The minimum Gasteiger partial charge on any atom is -0.481 e. The predicted molar refractivity (Wildman–Crippen MR) is 248 cm³/mol. The molecule has 4 amide bonds. The maximum Gasteiger partial charge on any atom is 0.343 e. The Hall–Kier alpha value is -6.76. The first-order valence-electron chi connectivity index (χ1n) is 22.5. The van der Waals surface area contributed by atoms with Crippen LogP contribution in [-0.4, -0.2) is 78.7 Å². The number of carbonyl (C=O) groups is 6. The number of hydrogen-bond donors (Lipinski definition) is 2. The number of esters is 2. The number of nitrogens with one attached hydrogen (secondary N) is 2. The Bertz CT molecular complexity index is 2280. The number of hydrogen-bond acceptors (Lipinski definition) is 9. The second-order valence-corrected chi connectivity index (χ2v) is 16.1. The molecule has 5 rings (SSSR count). The van der Waals surface area contributed by atoms with Gasteiger partial charge < -0.3 is 29.7 Å². The number of nitrogens with zero attached hydrogens (tertiary/aromatic N) is 2. The van der Waals surface area contributed by atoms with Crippen LogP contribution in [0.1, 0.15) is 118 Å². The first-order chi connectivity index (χ1) is 31.5. The zero-order chi connectivity index (χ0) is 46.7. The van der Waals surface area contributed by atoms with E-state index < -0.39 is 42.6 Å². The van der Waals surface area contributed by atoms with E-state index in [1.807, 2.05) is 91.9 Å². The summed E-state index contributed by atoms with van der Waals surface area (Å²) in [6.45, 7) is 7.56. The second kappa shape index (κ2) is 24.9. The zero-order valence-electron chi connectivity index (χ0n) is 38.2. The van der Waals surface area contributed by atoms with Gasteiger partial charge in [-0.3, -0.25) is 19.3 Å². The summed E-state index contributed by atoms with van der Waals surface area (Å²) < 4.78 is 16.2. The lowest BCUT2D eigenvalue weighted by molar-refractivity contribution is -0.143. The summed E-state index contributed by atoms with van der Waals surface area (Å²) in [6.07, 6.45) is 5.14. The fourth-order valence-corrected chi connectivity index (χ4v) is 7.78. The molecule has 0 fully saturated rings. The average Bonchev–Trinajstić information content (AvgIpc) is 3.32. The number of rotatable bonds is 24.